The van der Waals surface area contributed by atoms with Crippen molar-refractivity contribution < 1.29 is 19.4 Å². The zero-order valence-electron chi connectivity index (χ0n) is 11.5. The number of carbonyl (C=O) groups is 1. The molecule has 0 aliphatic heterocycles. The normalized spacial score (nSPS) is 10.2. The number of aromatic nitrogens is 1. The molecule has 0 radical (unpaired) electrons. The first-order chi connectivity index (χ1) is 9.56. The maximum absolute atomic E-state index is 11.3. The largest absolute Gasteiger partial charge is 0.493 e. The lowest BCUT2D eigenvalue weighted by Crippen LogP contribution is -2.02. The summed E-state index contributed by atoms with van der Waals surface area (Å²) in [6, 6.07) is 7.03. The lowest BCUT2D eigenvalue weighted by molar-refractivity contribution is 0.0697. The van der Waals surface area contributed by atoms with Crippen LogP contribution in [0.2, 0.25) is 0 Å². The van der Waals surface area contributed by atoms with Gasteiger partial charge in [0.05, 0.1) is 19.8 Å². The summed E-state index contributed by atoms with van der Waals surface area (Å²) in [6.45, 7) is 1.82. The number of carboxylic acid groups (broad SMARTS) is 1. The van der Waals surface area contributed by atoms with Crippen LogP contribution in [-0.2, 0) is 0 Å². The van der Waals surface area contributed by atoms with E-state index in [0.717, 1.165) is 11.3 Å². The molecule has 1 N–H and O–H groups in total. The number of methoxy groups -OCH3 is 2. The summed E-state index contributed by atoms with van der Waals surface area (Å²) in [5.41, 5.74) is 2.25. The molecule has 2 rings (SSSR count). The van der Waals surface area contributed by atoms with Gasteiger partial charge in [-0.2, -0.15) is 0 Å². The molecule has 2 aromatic rings. The van der Waals surface area contributed by atoms with E-state index < -0.39 is 5.97 Å². The van der Waals surface area contributed by atoms with Gasteiger partial charge >= 0.3 is 5.97 Å². The van der Waals surface area contributed by atoms with Gasteiger partial charge in [0.2, 0.25) is 0 Å². The summed E-state index contributed by atoms with van der Waals surface area (Å²) < 4.78 is 10.4. The first-order valence-electron chi connectivity index (χ1n) is 5.99. The minimum Gasteiger partial charge on any atom is -0.493 e. The van der Waals surface area contributed by atoms with Crippen molar-refractivity contribution in [1.82, 2.24) is 4.98 Å². The predicted octanol–water partition coefficient (Wildman–Crippen LogP) is 2.77. The van der Waals surface area contributed by atoms with Gasteiger partial charge in [-0.1, -0.05) is 6.07 Å². The quantitative estimate of drug-likeness (QED) is 0.927. The molecule has 0 atom stereocenters. The van der Waals surface area contributed by atoms with E-state index >= 15 is 0 Å². The van der Waals surface area contributed by atoms with Gasteiger partial charge in [-0.05, 0) is 36.2 Å². The van der Waals surface area contributed by atoms with Gasteiger partial charge in [0.25, 0.3) is 0 Å². The first kappa shape index (κ1) is 13.9. The summed E-state index contributed by atoms with van der Waals surface area (Å²) in [5.74, 6) is 0.136. The van der Waals surface area contributed by atoms with Crippen molar-refractivity contribution in [2.45, 2.75) is 6.92 Å². The Kier molecular flexibility index (Phi) is 3.89. The minimum absolute atomic E-state index is 0.155. The van der Waals surface area contributed by atoms with Crippen LogP contribution in [0.3, 0.4) is 0 Å². The van der Waals surface area contributed by atoms with Crippen molar-refractivity contribution in [3.05, 3.63) is 41.7 Å². The number of rotatable bonds is 4. The molecule has 1 aromatic carbocycles. The third kappa shape index (κ3) is 2.56. The Balaban J connectivity index is 2.61. The van der Waals surface area contributed by atoms with Crippen LogP contribution in [0.15, 0.2) is 30.5 Å². The second-order valence-corrected chi connectivity index (χ2v) is 4.25. The SMILES string of the molecule is COc1ccc(-c2cc(C)ncc2C(=O)O)cc1OC. The van der Waals surface area contributed by atoms with E-state index in [1.165, 1.54) is 13.3 Å². The van der Waals surface area contributed by atoms with Gasteiger partial charge in [-0.3, -0.25) is 4.98 Å². The topological polar surface area (TPSA) is 68.7 Å². The van der Waals surface area contributed by atoms with E-state index in [9.17, 15) is 9.90 Å². The molecule has 1 heterocycles. The van der Waals surface area contributed by atoms with Crippen LogP contribution >= 0.6 is 0 Å². The Bertz CT molecular complexity index is 652. The number of hydrogen-bond acceptors (Lipinski definition) is 4. The second kappa shape index (κ2) is 5.61. The van der Waals surface area contributed by atoms with Gasteiger partial charge in [0.1, 0.15) is 0 Å². The lowest BCUT2D eigenvalue weighted by atomic mass is 10.0. The van der Waals surface area contributed by atoms with E-state index in [1.54, 1.807) is 31.4 Å². The van der Waals surface area contributed by atoms with Crippen molar-refractivity contribution in [3.8, 4) is 22.6 Å². The van der Waals surface area contributed by atoms with Crippen LogP contribution in [0.25, 0.3) is 11.1 Å². The Morgan fingerprint density at radius 1 is 1.15 bits per heavy atom. The Labute approximate surface area is 116 Å². The number of hydrogen-bond donors (Lipinski definition) is 1. The van der Waals surface area contributed by atoms with Crippen molar-refractivity contribution in [2.24, 2.45) is 0 Å². The number of aryl methyl sites for hydroxylation is 1. The molecule has 0 bridgehead atoms. The molecular weight excluding hydrogens is 258 g/mol. The fraction of sp³-hybridized carbons (Fsp3) is 0.200. The van der Waals surface area contributed by atoms with Crippen LogP contribution in [0, 0.1) is 6.92 Å². The van der Waals surface area contributed by atoms with Crippen LogP contribution < -0.4 is 9.47 Å². The molecule has 0 aliphatic carbocycles. The Morgan fingerprint density at radius 2 is 1.85 bits per heavy atom. The third-order valence-electron chi connectivity index (χ3n) is 2.97. The van der Waals surface area contributed by atoms with Gasteiger partial charge < -0.3 is 14.6 Å². The number of aromatic carboxylic acids is 1. The number of pyridine rings is 1. The van der Waals surface area contributed by atoms with Crippen LogP contribution in [0.4, 0.5) is 0 Å². The van der Waals surface area contributed by atoms with E-state index in [0.29, 0.717) is 17.1 Å². The maximum atomic E-state index is 11.3. The zero-order valence-corrected chi connectivity index (χ0v) is 11.5. The molecule has 20 heavy (non-hydrogen) atoms. The van der Waals surface area contributed by atoms with Gasteiger partial charge in [0.15, 0.2) is 11.5 Å². The van der Waals surface area contributed by atoms with Gasteiger partial charge in [-0.15, -0.1) is 0 Å². The van der Waals surface area contributed by atoms with Crippen molar-refractivity contribution in [1.29, 1.82) is 0 Å². The van der Waals surface area contributed by atoms with Crippen LogP contribution in [0.5, 0.6) is 11.5 Å². The fourth-order valence-corrected chi connectivity index (χ4v) is 1.97. The molecule has 0 spiro atoms. The van der Waals surface area contributed by atoms with Crippen molar-refractivity contribution in [2.75, 3.05) is 14.2 Å². The molecular formula is C15H15NO4. The number of benzene rings is 1. The first-order valence-corrected chi connectivity index (χ1v) is 5.99. The molecule has 0 unspecified atom stereocenters. The maximum Gasteiger partial charge on any atom is 0.337 e. The molecule has 0 saturated heterocycles. The van der Waals surface area contributed by atoms with E-state index in [2.05, 4.69) is 4.98 Å². The number of ether oxygens (including phenoxy) is 2. The third-order valence-corrected chi connectivity index (χ3v) is 2.97. The summed E-state index contributed by atoms with van der Waals surface area (Å²) in [5, 5.41) is 9.25. The smallest absolute Gasteiger partial charge is 0.337 e. The average molecular weight is 273 g/mol. The summed E-state index contributed by atoms with van der Waals surface area (Å²) in [7, 11) is 3.09. The molecule has 5 heteroatoms. The van der Waals surface area contributed by atoms with E-state index in [-0.39, 0.29) is 5.56 Å². The monoisotopic (exact) mass is 273 g/mol. The molecule has 0 aliphatic rings. The number of nitrogens with zero attached hydrogens (tertiary/aromatic N) is 1. The molecule has 0 fully saturated rings. The van der Waals surface area contributed by atoms with Crippen LogP contribution in [-0.4, -0.2) is 30.3 Å². The average Bonchev–Trinajstić information content (AvgIpc) is 2.46. The lowest BCUT2D eigenvalue weighted by Gasteiger charge is -2.11. The van der Waals surface area contributed by atoms with Gasteiger partial charge in [-0.25, -0.2) is 4.79 Å². The highest BCUT2D eigenvalue weighted by molar-refractivity contribution is 5.96. The number of carboxylic acids is 1. The Morgan fingerprint density at radius 3 is 2.45 bits per heavy atom. The van der Waals surface area contributed by atoms with Crippen molar-refractivity contribution >= 4 is 5.97 Å². The van der Waals surface area contributed by atoms with E-state index in [1.807, 2.05) is 6.92 Å². The standard InChI is InChI=1S/C15H15NO4/c1-9-6-11(12(8-16-9)15(17)18)10-4-5-13(19-2)14(7-10)20-3/h4-8H,1-3H3,(H,17,18). The zero-order chi connectivity index (χ0) is 14.7. The summed E-state index contributed by atoms with van der Waals surface area (Å²) >= 11 is 0. The minimum atomic E-state index is -1.01. The fourth-order valence-electron chi connectivity index (χ4n) is 1.97. The summed E-state index contributed by atoms with van der Waals surface area (Å²) in [4.78, 5) is 15.3. The predicted molar refractivity (Wildman–Crippen MR) is 74.5 cm³/mol. The highest BCUT2D eigenvalue weighted by Crippen LogP contribution is 2.33. The molecule has 104 valence electrons. The van der Waals surface area contributed by atoms with E-state index in [4.69, 9.17) is 9.47 Å². The van der Waals surface area contributed by atoms with Crippen LogP contribution in [0.1, 0.15) is 16.1 Å². The molecule has 0 saturated carbocycles. The molecule has 0 amide bonds. The second-order valence-electron chi connectivity index (χ2n) is 4.25. The highest BCUT2D eigenvalue weighted by atomic mass is 16.5. The highest BCUT2D eigenvalue weighted by Gasteiger charge is 2.14. The van der Waals surface area contributed by atoms with Crippen molar-refractivity contribution in [3.63, 3.8) is 0 Å². The molecule has 5 nitrogen and oxygen atoms in total. The molecule has 1 aromatic heterocycles. The summed E-state index contributed by atoms with van der Waals surface area (Å²) in [6.07, 6.45) is 1.36. The Hall–Kier alpha value is -2.56. The van der Waals surface area contributed by atoms with Gasteiger partial charge in [0, 0.05) is 11.9 Å².